The molecule has 0 saturated carbocycles. The smallest absolute Gasteiger partial charge is 0.252 e. The average Bonchev–Trinajstić information content (AvgIpc) is 2.96. The first-order chi connectivity index (χ1) is 10.3. The lowest BCUT2D eigenvalue weighted by atomic mass is 10.1. The number of nitrogens with one attached hydrogen (secondary N) is 2. The number of hydrogen-bond donors (Lipinski definition) is 2. The fraction of sp³-hybridized carbons (Fsp3) is 0.471. The predicted molar refractivity (Wildman–Crippen MR) is 86.5 cm³/mol. The lowest BCUT2D eigenvalue weighted by molar-refractivity contribution is 0.339. The lowest BCUT2D eigenvalue weighted by Gasteiger charge is -2.13. The van der Waals surface area contributed by atoms with Crippen molar-refractivity contribution in [3.63, 3.8) is 0 Å². The lowest BCUT2D eigenvalue weighted by Crippen LogP contribution is -2.28. The van der Waals surface area contributed by atoms with E-state index in [1.165, 1.54) is 19.5 Å². The third-order valence-electron chi connectivity index (χ3n) is 4.40. The van der Waals surface area contributed by atoms with E-state index in [0.29, 0.717) is 12.5 Å². The maximum atomic E-state index is 12.1. The second-order valence-electron chi connectivity index (χ2n) is 5.89. The Balaban J connectivity index is 1.60. The normalized spacial score (nSPS) is 19.4. The largest absolute Gasteiger partial charge is 0.322 e. The first-order valence-corrected chi connectivity index (χ1v) is 7.80. The van der Waals surface area contributed by atoms with Gasteiger partial charge in [-0.15, -0.1) is 0 Å². The van der Waals surface area contributed by atoms with Crippen LogP contribution in [0.4, 0.5) is 0 Å². The van der Waals surface area contributed by atoms with Crippen LogP contribution in [0, 0.1) is 5.92 Å². The first-order valence-electron chi connectivity index (χ1n) is 7.80. The van der Waals surface area contributed by atoms with Crippen LogP contribution < -0.4 is 10.9 Å². The molecule has 2 N–H and O–H groups in total. The van der Waals surface area contributed by atoms with E-state index >= 15 is 0 Å². The SMILES string of the molecule is CCN1CCC(CNCc2cc3ccccc3[nH]c2=O)C1. The van der Waals surface area contributed by atoms with Crippen molar-refractivity contribution < 1.29 is 0 Å². The molecule has 0 bridgehead atoms. The fourth-order valence-corrected chi connectivity index (χ4v) is 3.10. The summed E-state index contributed by atoms with van der Waals surface area (Å²) in [6, 6.07) is 9.90. The standard InChI is InChI=1S/C17H23N3O/c1-2-20-8-7-13(12-20)10-18-11-15-9-14-5-3-4-6-16(14)19-17(15)21/h3-6,9,13,18H,2,7-8,10-12H2,1H3,(H,19,21). The highest BCUT2D eigenvalue weighted by Crippen LogP contribution is 2.15. The highest BCUT2D eigenvalue weighted by atomic mass is 16.1. The number of para-hydroxylation sites is 1. The van der Waals surface area contributed by atoms with Crippen molar-refractivity contribution in [2.45, 2.75) is 19.9 Å². The maximum Gasteiger partial charge on any atom is 0.252 e. The molecule has 1 unspecified atom stereocenters. The molecule has 0 amide bonds. The van der Waals surface area contributed by atoms with Gasteiger partial charge < -0.3 is 15.2 Å². The van der Waals surface area contributed by atoms with Gasteiger partial charge in [0.25, 0.3) is 5.56 Å². The Morgan fingerprint density at radius 1 is 1.38 bits per heavy atom. The quantitative estimate of drug-likeness (QED) is 0.883. The van der Waals surface area contributed by atoms with E-state index in [4.69, 9.17) is 0 Å². The molecule has 1 aromatic carbocycles. The maximum absolute atomic E-state index is 12.1. The van der Waals surface area contributed by atoms with Crippen molar-refractivity contribution in [3.05, 3.63) is 46.2 Å². The van der Waals surface area contributed by atoms with Gasteiger partial charge in [0.1, 0.15) is 0 Å². The molecule has 2 heterocycles. The Morgan fingerprint density at radius 3 is 3.05 bits per heavy atom. The van der Waals surface area contributed by atoms with Gasteiger partial charge in [0.2, 0.25) is 0 Å². The molecule has 4 heteroatoms. The number of pyridine rings is 1. The summed E-state index contributed by atoms with van der Waals surface area (Å²) in [6.07, 6.45) is 1.26. The number of benzene rings is 1. The topological polar surface area (TPSA) is 48.1 Å². The van der Waals surface area contributed by atoms with Crippen LogP contribution in [0.2, 0.25) is 0 Å². The first kappa shape index (κ1) is 14.3. The van der Waals surface area contributed by atoms with Crippen molar-refractivity contribution in [2.75, 3.05) is 26.2 Å². The zero-order valence-corrected chi connectivity index (χ0v) is 12.6. The van der Waals surface area contributed by atoms with Crippen LogP contribution in [0.1, 0.15) is 18.9 Å². The van der Waals surface area contributed by atoms with Crippen LogP contribution >= 0.6 is 0 Å². The zero-order chi connectivity index (χ0) is 14.7. The van der Waals surface area contributed by atoms with Crippen LogP contribution in [0.15, 0.2) is 35.1 Å². The Bertz CT molecular complexity index is 664. The third-order valence-corrected chi connectivity index (χ3v) is 4.40. The molecule has 1 fully saturated rings. The number of likely N-dealkylation sites (tertiary alicyclic amines) is 1. The molecule has 1 atom stereocenters. The summed E-state index contributed by atoms with van der Waals surface area (Å²) in [5.74, 6) is 0.712. The van der Waals surface area contributed by atoms with Crippen LogP contribution in [-0.2, 0) is 6.54 Å². The Kier molecular flexibility index (Phi) is 4.36. The van der Waals surface area contributed by atoms with Crippen LogP contribution in [-0.4, -0.2) is 36.1 Å². The molecule has 2 aromatic rings. The van der Waals surface area contributed by atoms with Gasteiger partial charge in [-0.2, -0.15) is 0 Å². The highest BCUT2D eigenvalue weighted by molar-refractivity contribution is 5.78. The van der Waals surface area contributed by atoms with Gasteiger partial charge in [0.05, 0.1) is 0 Å². The van der Waals surface area contributed by atoms with Crippen LogP contribution in [0.5, 0.6) is 0 Å². The number of aromatic amines is 1. The number of nitrogens with zero attached hydrogens (tertiary/aromatic N) is 1. The molecule has 0 radical (unpaired) electrons. The molecule has 1 aliphatic heterocycles. The van der Waals surface area contributed by atoms with Gasteiger partial charge in [0.15, 0.2) is 0 Å². The molecule has 4 nitrogen and oxygen atoms in total. The molecule has 0 aliphatic carbocycles. The number of aromatic nitrogens is 1. The summed E-state index contributed by atoms with van der Waals surface area (Å²) in [7, 11) is 0. The molecule has 3 rings (SSSR count). The van der Waals surface area contributed by atoms with E-state index in [1.807, 2.05) is 30.3 Å². The average molecular weight is 285 g/mol. The Morgan fingerprint density at radius 2 is 2.24 bits per heavy atom. The Labute approximate surface area is 125 Å². The minimum Gasteiger partial charge on any atom is -0.322 e. The highest BCUT2D eigenvalue weighted by Gasteiger charge is 2.20. The van der Waals surface area contributed by atoms with Crippen molar-refractivity contribution in [2.24, 2.45) is 5.92 Å². The second-order valence-corrected chi connectivity index (χ2v) is 5.89. The summed E-state index contributed by atoms with van der Waals surface area (Å²) in [6.45, 7) is 7.37. The van der Waals surface area contributed by atoms with Gasteiger partial charge >= 0.3 is 0 Å². The molecule has 112 valence electrons. The van der Waals surface area contributed by atoms with E-state index < -0.39 is 0 Å². The van der Waals surface area contributed by atoms with Crippen LogP contribution in [0.25, 0.3) is 10.9 Å². The van der Waals surface area contributed by atoms with Gasteiger partial charge in [0, 0.05) is 24.2 Å². The summed E-state index contributed by atoms with van der Waals surface area (Å²) >= 11 is 0. The van der Waals surface area contributed by atoms with Gasteiger partial charge in [-0.3, -0.25) is 4.79 Å². The molecule has 1 aliphatic rings. The number of rotatable bonds is 5. The summed E-state index contributed by atoms with van der Waals surface area (Å²) < 4.78 is 0. The minimum atomic E-state index is 0.0165. The molecular formula is C17H23N3O. The minimum absolute atomic E-state index is 0.0165. The van der Waals surface area contributed by atoms with E-state index in [1.54, 1.807) is 0 Å². The van der Waals surface area contributed by atoms with E-state index in [2.05, 4.69) is 22.1 Å². The second kappa shape index (κ2) is 6.41. The zero-order valence-electron chi connectivity index (χ0n) is 12.6. The van der Waals surface area contributed by atoms with Crippen molar-refractivity contribution >= 4 is 10.9 Å². The summed E-state index contributed by atoms with van der Waals surface area (Å²) in [5, 5.41) is 4.54. The number of hydrogen-bond acceptors (Lipinski definition) is 3. The monoisotopic (exact) mass is 285 g/mol. The molecule has 0 spiro atoms. The van der Waals surface area contributed by atoms with Gasteiger partial charge in [-0.25, -0.2) is 0 Å². The summed E-state index contributed by atoms with van der Waals surface area (Å²) in [5.41, 5.74) is 1.74. The molecular weight excluding hydrogens is 262 g/mol. The number of fused-ring (bicyclic) bond motifs is 1. The predicted octanol–water partition coefficient (Wildman–Crippen LogP) is 1.96. The van der Waals surface area contributed by atoms with E-state index in [-0.39, 0.29) is 5.56 Å². The summed E-state index contributed by atoms with van der Waals surface area (Å²) in [4.78, 5) is 17.5. The van der Waals surface area contributed by atoms with Crippen LogP contribution in [0.3, 0.4) is 0 Å². The van der Waals surface area contributed by atoms with Crippen molar-refractivity contribution in [1.82, 2.24) is 15.2 Å². The van der Waals surface area contributed by atoms with Gasteiger partial charge in [-0.1, -0.05) is 25.1 Å². The molecule has 1 aromatic heterocycles. The molecule has 21 heavy (non-hydrogen) atoms. The number of H-pyrrole nitrogens is 1. The van der Waals surface area contributed by atoms with Crippen molar-refractivity contribution in [3.8, 4) is 0 Å². The molecule has 1 saturated heterocycles. The fourth-order valence-electron chi connectivity index (χ4n) is 3.10. The third kappa shape index (κ3) is 3.34. The van der Waals surface area contributed by atoms with Crippen molar-refractivity contribution in [1.29, 1.82) is 0 Å². The van der Waals surface area contributed by atoms with E-state index in [0.717, 1.165) is 29.6 Å². The Hall–Kier alpha value is -1.65. The van der Waals surface area contributed by atoms with Gasteiger partial charge in [-0.05, 0) is 49.5 Å². The van der Waals surface area contributed by atoms with E-state index in [9.17, 15) is 4.79 Å².